The number of amides is 1. The number of aromatic hydroxyl groups is 1. The number of hydrogen-bond donors (Lipinski definition) is 3. The highest BCUT2D eigenvalue weighted by atomic mass is 35.5. The van der Waals surface area contributed by atoms with E-state index in [1.54, 1.807) is 36.4 Å². The Morgan fingerprint density at radius 2 is 1.84 bits per heavy atom. The van der Waals surface area contributed by atoms with Crippen molar-refractivity contribution in [3.8, 4) is 11.5 Å². The molecule has 3 aromatic rings. The molecule has 3 N–H and O–H groups in total. The molecule has 0 heterocycles. The number of nitrogens with one attached hydrogen (secondary N) is 2. The largest absolute Gasteiger partial charge is 0.504 e. The minimum Gasteiger partial charge on any atom is -0.504 e. The molecule has 0 unspecified atom stereocenters. The van der Waals surface area contributed by atoms with Crippen molar-refractivity contribution in [3.63, 3.8) is 0 Å². The van der Waals surface area contributed by atoms with Crippen LogP contribution in [-0.2, 0) is 10.0 Å². The Labute approximate surface area is 184 Å². The van der Waals surface area contributed by atoms with Crippen molar-refractivity contribution in [1.82, 2.24) is 5.43 Å². The smallest absolute Gasteiger partial charge is 0.271 e. The summed E-state index contributed by atoms with van der Waals surface area (Å²) >= 11 is 6.00. The number of benzene rings is 3. The summed E-state index contributed by atoms with van der Waals surface area (Å²) in [5.74, 6) is -0.491. The molecule has 3 aromatic carbocycles. The Morgan fingerprint density at radius 1 is 1.10 bits per heavy atom. The minimum absolute atomic E-state index is 0.0778. The Bertz CT molecular complexity index is 1250. The van der Waals surface area contributed by atoms with Crippen LogP contribution in [0.2, 0.25) is 5.02 Å². The monoisotopic (exact) mass is 459 g/mol. The quantitative estimate of drug-likeness (QED) is 0.368. The molecule has 0 spiro atoms. The summed E-state index contributed by atoms with van der Waals surface area (Å²) < 4.78 is 32.7. The summed E-state index contributed by atoms with van der Waals surface area (Å²) in [6, 6.07) is 16.7. The van der Waals surface area contributed by atoms with Gasteiger partial charge in [0.2, 0.25) is 0 Å². The molecule has 0 aliphatic heterocycles. The molecule has 3 rings (SSSR count). The van der Waals surface area contributed by atoms with E-state index in [1.165, 1.54) is 43.7 Å². The van der Waals surface area contributed by atoms with Gasteiger partial charge in [-0.1, -0.05) is 35.9 Å². The zero-order valence-corrected chi connectivity index (χ0v) is 17.8. The van der Waals surface area contributed by atoms with Crippen molar-refractivity contribution in [1.29, 1.82) is 0 Å². The van der Waals surface area contributed by atoms with Crippen LogP contribution in [-0.4, -0.2) is 32.8 Å². The van der Waals surface area contributed by atoms with Gasteiger partial charge in [-0.15, -0.1) is 0 Å². The van der Waals surface area contributed by atoms with E-state index in [9.17, 15) is 18.3 Å². The molecule has 0 fully saturated rings. The van der Waals surface area contributed by atoms with Gasteiger partial charge in [0.1, 0.15) is 0 Å². The number of carbonyl (C=O) groups is 1. The van der Waals surface area contributed by atoms with Gasteiger partial charge in [-0.05, 0) is 42.5 Å². The molecule has 0 bridgehead atoms. The second-order valence-electron chi connectivity index (χ2n) is 6.21. The molecule has 0 aromatic heterocycles. The van der Waals surface area contributed by atoms with E-state index in [2.05, 4.69) is 15.2 Å². The van der Waals surface area contributed by atoms with E-state index in [4.69, 9.17) is 16.3 Å². The highest BCUT2D eigenvalue weighted by molar-refractivity contribution is 7.92. The zero-order valence-electron chi connectivity index (χ0n) is 16.2. The summed E-state index contributed by atoms with van der Waals surface area (Å²) in [4.78, 5) is 12.3. The van der Waals surface area contributed by atoms with E-state index in [0.29, 0.717) is 5.56 Å². The van der Waals surface area contributed by atoms with Gasteiger partial charge in [0, 0.05) is 11.1 Å². The number of sulfonamides is 1. The minimum atomic E-state index is -3.97. The molecular formula is C21H18ClN3O5S. The lowest BCUT2D eigenvalue weighted by Crippen LogP contribution is -2.19. The van der Waals surface area contributed by atoms with Gasteiger partial charge < -0.3 is 9.84 Å². The van der Waals surface area contributed by atoms with Crippen LogP contribution in [0.1, 0.15) is 15.9 Å². The highest BCUT2D eigenvalue weighted by Crippen LogP contribution is 2.28. The van der Waals surface area contributed by atoms with Crippen molar-refractivity contribution in [3.05, 3.63) is 82.9 Å². The Hall–Kier alpha value is -3.56. The average molecular weight is 460 g/mol. The molecule has 0 saturated heterocycles. The molecular weight excluding hydrogens is 442 g/mol. The lowest BCUT2D eigenvalue weighted by molar-refractivity contribution is 0.0955. The second kappa shape index (κ2) is 9.50. The number of phenols is 1. The summed E-state index contributed by atoms with van der Waals surface area (Å²) in [5.41, 5.74) is 2.93. The summed E-state index contributed by atoms with van der Waals surface area (Å²) in [7, 11) is -2.55. The van der Waals surface area contributed by atoms with E-state index in [-0.39, 0.29) is 32.7 Å². The molecule has 160 valence electrons. The number of para-hydroxylation sites is 2. The Morgan fingerprint density at radius 3 is 2.58 bits per heavy atom. The van der Waals surface area contributed by atoms with E-state index in [1.807, 2.05) is 0 Å². The first kappa shape index (κ1) is 22.1. The van der Waals surface area contributed by atoms with Crippen molar-refractivity contribution < 1.29 is 23.1 Å². The lowest BCUT2D eigenvalue weighted by Gasteiger charge is -2.10. The first-order chi connectivity index (χ1) is 14.8. The number of rotatable bonds is 7. The maximum atomic E-state index is 12.7. The number of phenolic OH excluding ortho intramolecular Hbond substituents is 1. The number of carbonyl (C=O) groups excluding carboxylic acids is 1. The topological polar surface area (TPSA) is 117 Å². The zero-order chi connectivity index (χ0) is 22.4. The fourth-order valence-electron chi connectivity index (χ4n) is 2.59. The maximum absolute atomic E-state index is 12.7. The molecule has 0 atom stereocenters. The number of ether oxygens (including phenoxy) is 1. The van der Waals surface area contributed by atoms with E-state index >= 15 is 0 Å². The van der Waals surface area contributed by atoms with Crippen LogP contribution in [0.4, 0.5) is 5.69 Å². The third-order valence-corrected chi connectivity index (χ3v) is 5.84. The van der Waals surface area contributed by atoms with Crippen molar-refractivity contribution in [2.75, 3.05) is 11.8 Å². The molecule has 10 heteroatoms. The predicted molar refractivity (Wildman–Crippen MR) is 118 cm³/mol. The third-order valence-electron chi connectivity index (χ3n) is 4.14. The fraction of sp³-hybridized carbons (Fsp3) is 0.0476. The van der Waals surface area contributed by atoms with Crippen molar-refractivity contribution in [2.24, 2.45) is 5.10 Å². The van der Waals surface area contributed by atoms with Crippen LogP contribution >= 0.6 is 11.6 Å². The molecule has 31 heavy (non-hydrogen) atoms. The van der Waals surface area contributed by atoms with Gasteiger partial charge in [0.15, 0.2) is 11.5 Å². The summed E-state index contributed by atoms with van der Waals surface area (Å²) in [6.07, 6.45) is 1.25. The van der Waals surface area contributed by atoms with Gasteiger partial charge >= 0.3 is 0 Å². The highest BCUT2D eigenvalue weighted by Gasteiger charge is 2.17. The molecule has 0 radical (unpaired) electrons. The van der Waals surface area contributed by atoms with Crippen molar-refractivity contribution in [2.45, 2.75) is 4.90 Å². The standard InChI is InChI=1S/C21H18ClN3O5S/c1-30-19-11-5-7-15(20(19)26)13-23-24-21(27)14-6-4-8-16(12-14)31(28,29)25-18-10-3-2-9-17(18)22/h2-13,25-26H,1H3,(H,24,27)/b23-13-. The Balaban J connectivity index is 1.75. The number of nitrogens with zero attached hydrogens (tertiary/aromatic N) is 1. The number of halogens is 1. The first-order valence-corrected chi connectivity index (χ1v) is 10.7. The SMILES string of the molecule is COc1cccc(/C=N\NC(=O)c2cccc(S(=O)(=O)Nc3ccccc3Cl)c2)c1O. The number of hydrazone groups is 1. The van der Waals surface area contributed by atoms with Gasteiger partial charge in [-0.3, -0.25) is 9.52 Å². The fourth-order valence-corrected chi connectivity index (χ4v) is 3.95. The number of hydrogen-bond acceptors (Lipinski definition) is 6. The summed E-state index contributed by atoms with van der Waals surface area (Å²) in [5, 5.41) is 14.1. The van der Waals surface area contributed by atoms with E-state index in [0.717, 1.165) is 0 Å². The predicted octanol–water partition coefficient (Wildman–Crippen LogP) is 3.62. The molecule has 0 aliphatic rings. The second-order valence-corrected chi connectivity index (χ2v) is 8.30. The van der Waals surface area contributed by atoms with Crippen LogP contribution in [0, 0.1) is 0 Å². The maximum Gasteiger partial charge on any atom is 0.271 e. The van der Waals surface area contributed by atoms with Crippen LogP contribution < -0.4 is 14.9 Å². The van der Waals surface area contributed by atoms with Gasteiger partial charge in [-0.2, -0.15) is 5.10 Å². The van der Waals surface area contributed by atoms with Crippen LogP contribution in [0.15, 0.2) is 76.7 Å². The summed E-state index contributed by atoms with van der Waals surface area (Å²) in [6.45, 7) is 0. The van der Waals surface area contributed by atoms with E-state index < -0.39 is 15.9 Å². The average Bonchev–Trinajstić information content (AvgIpc) is 2.76. The van der Waals surface area contributed by atoms with Gasteiger partial charge in [-0.25, -0.2) is 13.8 Å². The van der Waals surface area contributed by atoms with Gasteiger partial charge in [0.05, 0.1) is 28.9 Å². The van der Waals surface area contributed by atoms with Crippen LogP contribution in [0.5, 0.6) is 11.5 Å². The van der Waals surface area contributed by atoms with Crippen molar-refractivity contribution >= 4 is 39.4 Å². The Kier molecular flexibility index (Phi) is 6.78. The lowest BCUT2D eigenvalue weighted by atomic mass is 10.2. The third kappa shape index (κ3) is 5.33. The van der Waals surface area contributed by atoms with Gasteiger partial charge in [0.25, 0.3) is 15.9 Å². The number of anilines is 1. The normalized spacial score (nSPS) is 11.3. The molecule has 0 saturated carbocycles. The molecule has 1 amide bonds. The van der Waals surface area contributed by atoms with Crippen LogP contribution in [0.3, 0.4) is 0 Å². The molecule has 0 aliphatic carbocycles. The number of methoxy groups -OCH3 is 1. The molecule has 8 nitrogen and oxygen atoms in total. The van der Waals surface area contributed by atoms with Crippen LogP contribution in [0.25, 0.3) is 0 Å². The first-order valence-electron chi connectivity index (χ1n) is 8.88.